The Kier molecular flexibility index (Phi) is 19.1. The number of carboxylic acids is 1. The van der Waals surface area contributed by atoms with Gasteiger partial charge in [0.1, 0.15) is 0 Å². The number of likely N-dealkylation sites (N-methyl/N-ethyl adjacent to an activating group) is 1. The molecule has 1 heterocycles. The first-order valence-corrected chi connectivity index (χ1v) is 11.5. The molecule has 0 saturated carbocycles. The van der Waals surface area contributed by atoms with Gasteiger partial charge in [-0.25, -0.2) is 0 Å². The van der Waals surface area contributed by atoms with Crippen molar-refractivity contribution < 1.29 is 9.90 Å². The smallest absolute Gasteiger partial charge is 0.303 e. The highest BCUT2D eigenvalue weighted by Crippen LogP contribution is 2.09. The summed E-state index contributed by atoms with van der Waals surface area (Å²) in [6, 6.07) is 0. The van der Waals surface area contributed by atoms with Crippen LogP contribution >= 0.6 is 0 Å². The first-order chi connectivity index (χ1) is 13.6. The maximum absolute atomic E-state index is 10.3. The van der Waals surface area contributed by atoms with Gasteiger partial charge in [0, 0.05) is 19.5 Å². The van der Waals surface area contributed by atoms with Gasteiger partial charge in [-0.05, 0) is 39.0 Å². The molecule has 0 aromatic heterocycles. The molecule has 0 atom stereocenters. The van der Waals surface area contributed by atoms with Crippen molar-refractivity contribution >= 4 is 11.9 Å². The van der Waals surface area contributed by atoms with E-state index in [9.17, 15) is 4.79 Å². The highest BCUT2D eigenvalue weighted by Gasteiger charge is 2.09. The number of allylic oxidation sites excluding steroid dienone is 2. The molecule has 0 bridgehead atoms. The molecule has 0 unspecified atom stereocenters. The van der Waals surface area contributed by atoms with Gasteiger partial charge in [0.05, 0.1) is 6.54 Å². The molecule has 0 amide bonds. The quantitative estimate of drug-likeness (QED) is 0.258. The van der Waals surface area contributed by atoms with E-state index >= 15 is 0 Å². The number of unbranched alkanes of at least 4 members (excludes halogenated alkanes) is 11. The van der Waals surface area contributed by atoms with E-state index in [0.717, 1.165) is 32.5 Å². The summed E-state index contributed by atoms with van der Waals surface area (Å²) in [4.78, 5) is 16.4. The summed E-state index contributed by atoms with van der Waals surface area (Å²) in [7, 11) is 0. The number of carboxylic acid groups (broad SMARTS) is 1. The summed E-state index contributed by atoms with van der Waals surface area (Å²) in [5, 5.41) is 8.51. The lowest BCUT2D eigenvalue weighted by atomic mass is 10.1. The van der Waals surface area contributed by atoms with E-state index in [1.807, 2.05) is 0 Å². The standard InChI is InChI=1S/C18H34O2.C5H11N3/c1-2-3-4-5-6-7-8-9-10-11-12-13-14-15-16-17-18(19)20;1-2-8-4-3-7-5(8)6/h9-10H,2-8,11-17H2,1H3,(H,19,20);2-4H2,1H3,(H2,6,7)/b10-9-;. The van der Waals surface area contributed by atoms with Gasteiger partial charge in [-0.1, -0.05) is 70.4 Å². The maximum Gasteiger partial charge on any atom is 0.303 e. The van der Waals surface area contributed by atoms with E-state index in [4.69, 9.17) is 10.8 Å². The van der Waals surface area contributed by atoms with Crippen LogP contribution in [0, 0.1) is 0 Å². The molecular formula is C23H45N3O2. The molecule has 0 fully saturated rings. The van der Waals surface area contributed by atoms with Crippen molar-refractivity contribution in [2.45, 2.75) is 104 Å². The fourth-order valence-corrected chi connectivity index (χ4v) is 3.17. The summed E-state index contributed by atoms with van der Waals surface area (Å²) in [5.41, 5.74) is 5.47. The van der Waals surface area contributed by atoms with Gasteiger partial charge in [0.2, 0.25) is 0 Å². The Balaban J connectivity index is 0.000000749. The third-order valence-corrected chi connectivity index (χ3v) is 5.00. The maximum atomic E-state index is 10.3. The Bertz CT molecular complexity index is 422. The second kappa shape index (κ2) is 20.2. The molecule has 0 aromatic carbocycles. The molecule has 1 aliphatic heterocycles. The summed E-state index contributed by atoms with van der Waals surface area (Å²) in [5.74, 6) is 0.0372. The first kappa shape index (κ1) is 26.5. The Morgan fingerprint density at radius 3 is 1.93 bits per heavy atom. The van der Waals surface area contributed by atoms with Gasteiger partial charge in [-0.15, -0.1) is 0 Å². The van der Waals surface area contributed by atoms with Crippen molar-refractivity contribution in [3.8, 4) is 0 Å². The number of hydrogen-bond acceptors (Lipinski definition) is 4. The zero-order valence-electron chi connectivity index (χ0n) is 18.5. The number of rotatable bonds is 16. The van der Waals surface area contributed by atoms with Gasteiger partial charge in [-0.2, -0.15) is 0 Å². The van der Waals surface area contributed by atoms with E-state index < -0.39 is 5.97 Å². The fourth-order valence-electron chi connectivity index (χ4n) is 3.17. The highest BCUT2D eigenvalue weighted by molar-refractivity contribution is 5.79. The van der Waals surface area contributed by atoms with Crippen LogP contribution in [-0.2, 0) is 4.79 Å². The van der Waals surface area contributed by atoms with Gasteiger partial charge in [0.25, 0.3) is 0 Å². The molecule has 0 saturated heterocycles. The van der Waals surface area contributed by atoms with Crippen molar-refractivity contribution in [1.82, 2.24) is 4.90 Å². The second-order valence-electron chi connectivity index (χ2n) is 7.55. The van der Waals surface area contributed by atoms with Crippen LogP contribution in [0.4, 0.5) is 0 Å². The Hall–Kier alpha value is -1.52. The van der Waals surface area contributed by atoms with Crippen LogP contribution in [0.15, 0.2) is 17.1 Å². The van der Waals surface area contributed by atoms with Crippen LogP contribution in [0.5, 0.6) is 0 Å². The van der Waals surface area contributed by atoms with Crippen molar-refractivity contribution in [2.24, 2.45) is 10.7 Å². The lowest BCUT2D eigenvalue weighted by Crippen LogP contribution is -2.33. The predicted molar refractivity (Wildman–Crippen MR) is 121 cm³/mol. The summed E-state index contributed by atoms with van der Waals surface area (Å²) >= 11 is 0. The van der Waals surface area contributed by atoms with Crippen molar-refractivity contribution in [1.29, 1.82) is 0 Å². The monoisotopic (exact) mass is 395 g/mol. The van der Waals surface area contributed by atoms with E-state index in [1.54, 1.807) is 0 Å². The molecule has 164 valence electrons. The van der Waals surface area contributed by atoms with Gasteiger partial charge < -0.3 is 15.7 Å². The largest absolute Gasteiger partial charge is 0.481 e. The average Bonchev–Trinajstić information content (AvgIpc) is 3.10. The van der Waals surface area contributed by atoms with Crippen LogP contribution in [-0.4, -0.2) is 41.6 Å². The molecule has 1 rings (SSSR count). The zero-order chi connectivity index (χ0) is 20.9. The SMILES string of the molecule is CCCCCCCC/C=C\CCCCCCCC(=O)O.CCN1CCN=C1N. The number of aliphatic imine (C=N–C) groups is 1. The highest BCUT2D eigenvalue weighted by atomic mass is 16.4. The third-order valence-electron chi connectivity index (χ3n) is 5.00. The first-order valence-electron chi connectivity index (χ1n) is 11.5. The Morgan fingerprint density at radius 1 is 0.964 bits per heavy atom. The van der Waals surface area contributed by atoms with Crippen LogP contribution in [0.1, 0.15) is 104 Å². The second-order valence-corrected chi connectivity index (χ2v) is 7.55. The molecular weight excluding hydrogens is 350 g/mol. The lowest BCUT2D eigenvalue weighted by Gasteiger charge is -2.12. The van der Waals surface area contributed by atoms with Crippen molar-refractivity contribution in [2.75, 3.05) is 19.6 Å². The number of guanidine groups is 1. The Morgan fingerprint density at radius 2 is 1.50 bits per heavy atom. The number of nitrogens with zero attached hydrogens (tertiary/aromatic N) is 2. The van der Waals surface area contributed by atoms with Crippen LogP contribution in [0.3, 0.4) is 0 Å². The Labute approximate surface area is 173 Å². The van der Waals surface area contributed by atoms with Gasteiger partial charge >= 0.3 is 5.97 Å². The molecule has 28 heavy (non-hydrogen) atoms. The molecule has 0 radical (unpaired) electrons. The lowest BCUT2D eigenvalue weighted by molar-refractivity contribution is -0.137. The fraction of sp³-hybridized carbons (Fsp3) is 0.826. The average molecular weight is 396 g/mol. The molecule has 0 spiro atoms. The molecule has 5 heteroatoms. The normalized spacial score (nSPS) is 13.5. The van der Waals surface area contributed by atoms with E-state index in [2.05, 4.69) is 35.9 Å². The predicted octanol–water partition coefficient (Wildman–Crippen LogP) is 5.75. The number of nitrogens with two attached hydrogens (primary N) is 1. The summed E-state index contributed by atoms with van der Waals surface area (Å²) in [6.45, 7) is 7.19. The van der Waals surface area contributed by atoms with Gasteiger partial charge in [0.15, 0.2) is 5.96 Å². The van der Waals surface area contributed by atoms with E-state index in [1.165, 1.54) is 70.6 Å². The minimum atomic E-state index is -0.664. The molecule has 5 nitrogen and oxygen atoms in total. The van der Waals surface area contributed by atoms with Crippen LogP contribution in [0.2, 0.25) is 0 Å². The minimum absolute atomic E-state index is 0.332. The molecule has 0 aliphatic carbocycles. The van der Waals surface area contributed by atoms with E-state index in [0.29, 0.717) is 12.4 Å². The van der Waals surface area contributed by atoms with Crippen molar-refractivity contribution in [3.05, 3.63) is 12.2 Å². The minimum Gasteiger partial charge on any atom is -0.481 e. The van der Waals surface area contributed by atoms with Crippen molar-refractivity contribution in [3.63, 3.8) is 0 Å². The molecule has 3 N–H and O–H groups in total. The number of aliphatic carboxylic acids is 1. The third kappa shape index (κ3) is 17.9. The van der Waals surface area contributed by atoms with Crippen LogP contribution < -0.4 is 5.73 Å². The van der Waals surface area contributed by atoms with Gasteiger partial charge in [-0.3, -0.25) is 9.79 Å². The molecule has 1 aliphatic rings. The summed E-state index contributed by atoms with van der Waals surface area (Å²) < 4.78 is 0. The zero-order valence-corrected chi connectivity index (χ0v) is 18.5. The van der Waals surface area contributed by atoms with E-state index in [-0.39, 0.29) is 0 Å². The topological polar surface area (TPSA) is 78.9 Å². The molecule has 0 aromatic rings. The number of carbonyl (C=O) groups is 1. The number of hydrogen-bond donors (Lipinski definition) is 2. The van der Waals surface area contributed by atoms with Crippen LogP contribution in [0.25, 0.3) is 0 Å². The summed E-state index contributed by atoms with van der Waals surface area (Å²) in [6.07, 6.45) is 21.2.